The van der Waals surface area contributed by atoms with Gasteiger partial charge in [0.15, 0.2) is 0 Å². The molecule has 0 saturated carbocycles. The van der Waals surface area contributed by atoms with Gasteiger partial charge >= 0.3 is 0 Å². The lowest BCUT2D eigenvalue weighted by Crippen LogP contribution is -2.46. The van der Waals surface area contributed by atoms with Crippen molar-refractivity contribution in [2.24, 2.45) is 0 Å². The fourth-order valence-electron chi connectivity index (χ4n) is 2.89. The van der Waals surface area contributed by atoms with E-state index >= 15 is 0 Å². The van der Waals surface area contributed by atoms with Crippen LogP contribution >= 0.6 is 0 Å². The van der Waals surface area contributed by atoms with Crippen molar-refractivity contribution < 1.29 is 0 Å². The van der Waals surface area contributed by atoms with Crippen molar-refractivity contribution in [1.82, 2.24) is 19.9 Å². The summed E-state index contributed by atoms with van der Waals surface area (Å²) in [5, 5.41) is 0.367. The number of imidazole rings is 1. The second-order valence-electron chi connectivity index (χ2n) is 7.73. The fraction of sp³-hybridized carbons (Fsp3) is 0.227. The normalized spacial score (nSPS) is 13.6. The molecule has 0 amide bonds. The van der Waals surface area contributed by atoms with Crippen molar-refractivity contribution in [2.45, 2.75) is 33.1 Å². The molecular formula is C22H24N4O2. The average Bonchev–Trinajstić information content (AvgIpc) is 3.08. The lowest BCUT2D eigenvalue weighted by atomic mass is 9.90. The van der Waals surface area contributed by atoms with Crippen molar-refractivity contribution in [2.75, 3.05) is 0 Å². The predicted molar refractivity (Wildman–Crippen MR) is 112 cm³/mol. The molecule has 0 aliphatic rings. The summed E-state index contributed by atoms with van der Waals surface area (Å²) >= 11 is 0. The Balaban J connectivity index is 1.99. The van der Waals surface area contributed by atoms with Crippen molar-refractivity contribution in [3.05, 3.63) is 90.6 Å². The summed E-state index contributed by atoms with van der Waals surface area (Å²) in [7, 11) is 0. The molecule has 0 unspecified atom stereocenters. The second kappa shape index (κ2) is 7.68. The minimum atomic E-state index is -0.377. The van der Waals surface area contributed by atoms with E-state index in [0.29, 0.717) is 5.69 Å². The molecule has 3 N–H and O–H groups in total. The lowest BCUT2D eigenvalue weighted by molar-refractivity contribution is 0.571. The molecule has 2 heterocycles. The highest BCUT2D eigenvalue weighted by atomic mass is 16.1. The number of nitrogens with zero attached hydrogens (tertiary/aromatic N) is 1. The number of aromatic amines is 3. The maximum Gasteiger partial charge on any atom is 0.272 e. The minimum Gasteiger partial charge on any atom is -0.348 e. The van der Waals surface area contributed by atoms with Crippen molar-refractivity contribution in [1.29, 1.82) is 0 Å². The molecule has 0 saturated heterocycles. The van der Waals surface area contributed by atoms with Gasteiger partial charge in [-0.2, -0.15) is 0 Å². The van der Waals surface area contributed by atoms with E-state index in [0.717, 1.165) is 16.8 Å². The molecule has 6 nitrogen and oxygen atoms in total. The SMILES string of the molecule is Cc1cccc(/C=C/C=c2\[nH]c(=O)/c(=C/c3nc[nH]c3C(C)(C)C)[nH]c2=O)c1. The lowest BCUT2D eigenvalue weighted by Gasteiger charge is -2.16. The second-order valence-corrected chi connectivity index (χ2v) is 7.73. The van der Waals surface area contributed by atoms with Gasteiger partial charge in [-0.15, -0.1) is 0 Å². The number of allylic oxidation sites excluding steroid dienone is 1. The number of rotatable bonds is 3. The van der Waals surface area contributed by atoms with Crippen LogP contribution in [0, 0.1) is 6.92 Å². The number of aromatic nitrogens is 4. The molecular weight excluding hydrogens is 352 g/mol. The first-order valence-electron chi connectivity index (χ1n) is 9.07. The van der Waals surface area contributed by atoms with Crippen LogP contribution < -0.4 is 21.8 Å². The summed E-state index contributed by atoms with van der Waals surface area (Å²) in [6, 6.07) is 7.99. The molecule has 1 aromatic carbocycles. The first-order chi connectivity index (χ1) is 13.2. The highest BCUT2D eigenvalue weighted by Gasteiger charge is 2.19. The standard InChI is InChI=1S/C22H24N4O2/c1-14-7-5-8-15(11-14)9-6-10-16-20(27)26-18(21(28)25-16)12-17-19(22(2,3)4)24-13-23-17/h5-13H,1-4H3,(H,23,24)(H,25,28)(H,26,27)/b9-6+,16-10-,18-12-. The number of nitrogens with one attached hydrogen (secondary N) is 3. The average molecular weight is 376 g/mol. The van der Waals surface area contributed by atoms with E-state index in [2.05, 4.69) is 19.9 Å². The van der Waals surface area contributed by atoms with Crippen molar-refractivity contribution >= 4 is 18.2 Å². The quantitative estimate of drug-likeness (QED) is 0.650. The molecule has 6 heteroatoms. The van der Waals surface area contributed by atoms with Crippen LogP contribution in [0.3, 0.4) is 0 Å². The van der Waals surface area contributed by atoms with Gasteiger partial charge in [-0.25, -0.2) is 4.98 Å². The summed E-state index contributed by atoms with van der Waals surface area (Å²) in [6.07, 6.45) is 8.37. The Morgan fingerprint density at radius 3 is 2.46 bits per heavy atom. The first-order valence-corrected chi connectivity index (χ1v) is 9.07. The zero-order valence-corrected chi connectivity index (χ0v) is 16.5. The van der Waals surface area contributed by atoms with Gasteiger partial charge in [-0.1, -0.05) is 62.8 Å². The molecule has 0 fully saturated rings. The van der Waals surface area contributed by atoms with E-state index in [-0.39, 0.29) is 27.2 Å². The topological polar surface area (TPSA) is 94.4 Å². The number of hydrogen-bond donors (Lipinski definition) is 3. The third kappa shape index (κ3) is 4.46. The predicted octanol–water partition coefficient (Wildman–Crippen LogP) is 1.71. The van der Waals surface area contributed by atoms with Crippen LogP contribution in [0.1, 0.15) is 43.3 Å². The van der Waals surface area contributed by atoms with Crippen LogP contribution in [0.15, 0.2) is 46.3 Å². The molecule has 0 radical (unpaired) electrons. The van der Waals surface area contributed by atoms with Crippen LogP contribution in [0.25, 0.3) is 18.2 Å². The molecule has 144 valence electrons. The molecule has 0 aliphatic heterocycles. The van der Waals surface area contributed by atoms with Gasteiger partial charge in [-0.05, 0) is 24.6 Å². The molecule has 0 spiro atoms. The van der Waals surface area contributed by atoms with Crippen LogP contribution in [0.5, 0.6) is 0 Å². The molecule has 0 aliphatic carbocycles. The number of hydrogen-bond acceptors (Lipinski definition) is 3. The third-order valence-electron chi connectivity index (χ3n) is 4.28. The van der Waals surface area contributed by atoms with Gasteiger partial charge in [0.05, 0.1) is 12.0 Å². The van der Waals surface area contributed by atoms with E-state index in [1.54, 1.807) is 24.6 Å². The van der Waals surface area contributed by atoms with Crippen LogP contribution in [0.4, 0.5) is 0 Å². The highest BCUT2D eigenvalue weighted by molar-refractivity contribution is 5.57. The fourth-order valence-corrected chi connectivity index (χ4v) is 2.89. The van der Waals surface area contributed by atoms with Crippen LogP contribution in [-0.4, -0.2) is 19.9 Å². The summed E-state index contributed by atoms with van der Waals surface area (Å²) < 4.78 is 0. The summed E-state index contributed by atoms with van der Waals surface area (Å²) in [6.45, 7) is 8.15. The Bertz CT molecular complexity index is 1250. The van der Waals surface area contributed by atoms with Gasteiger partial charge in [0.2, 0.25) is 0 Å². The van der Waals surface area contributed by atoms with Crippen molar-refractivity contribution in [3.8, 4) is 0 Å². The summed E-state index contributed by atoms with van der Waals surface area (Å²) in [4.78, 5) is 37.4. The molecule has 2 aromatic heterocycles. The zero-order chi connectivity index (χ0) is 20.3. The van der Waals surface area contributed by atoms with Gasteiger partial charge in [-0.3, -0.25) is 9.59 Å². The number of aryl methyl sites for hydroxylation is 1. The van der Waals surface area contributed by atoms with Gasteiger partial charge in [0, 0.05) is 11.1 Å². The molecule has 28 heavy (non-hydrogen) atoms. The number of H-pyrrole nitrogens is 3. The Hall–Kier alpha value is -3.41. The largest absolute Gasteiger partial charge is 0.348 e. The van der Waals surface area contributed by atoms with Crippen molar-refractivity contribution in [3.63, 3.8) is 0 Å². The Morgan fingerprint density at radius 1 is 1.04 bits per heavy atom. The van der Waals surface area contributed by atoms with E-state index in [9.17, 15) is 9.59 Å². The first kappa shape index (κ1) is 19.4. The maximum atomic E-state index is 12.4. The van der Waals surface area contributed by atoms with E-state index < -0.39 is 0 Å². The Morgan fingerprint density at radius 2 is 1.75 bits per heavy atom. The molecule has 3 aromatic rings. The van der Waals surface area contributed by atoms with Gasteiger partial charge in [0.25, 0.3) is 11.1 Å². The van der Waals surface area contributed by atoms with Gasteiger partial charge < -0.3 is 15.0 Å². The smallest absolute Gasteiger partial charge is 0.272 e. The summed E-state index contributed by atoms with van der Waals surface area (Å²) in [5.74, 6) is 0. The van der Waals surface area contributed by atoms with E-state index in [4.69, 9.17) is 0 Å². The molecule has 3 rings (SSSR count). The van der Waals surface area contributed by atoms with Crippen LogP contribution in [-0.2, 0) is 5.41 Å². The van der Waals surface area contributed by atoms with E-state index in [1.807, 2.05) is 58.0 Å². The molecule has 0 bridgehead atoms. The Labute approximate surface area is 162 Å². The van der Waals surface area contributed by atoms with Crippen LogP contribution in [0.2, 0.25) is 0 Å². The zero-order valence-electron chi connectivity index (χ0n) is 16.5. The molecule has 0 atom stereocenters. The Kier molecular flexibility index (Phi) is 5.31. The highest BCUT2D eigenvalue weighted by Crippen LogP contribution is 2.22. The maximum absolute atomic E-state index is 12.4. The monoisotopic (exact) mass is 376 g/mol. The third-order valence-corrected chi connectivity index (χ3v) is 4.28. The van der Waals surface area contributed by atoms with E-state index in [1.165, 1.54) is 0 Å². The summed E-state index contributed by atoms with van der Waals surface area (Å²) in [5.41, 5.74) is 2.79. The van der Waals surface area contributed by atoms with Gasteiger partial charge in [0.1, 0.15) is 10.7 Å². The minimum absolute atomic E-state index is 0.163. The number of benzene rings is 1.